The minimum absolute atomic E-state index is 0.0705. The fraction of sp³-hybridized carbons (Fsp3) is 0.182. The van der Waals surface area contributed by atoms with Gasteiger partial charge in [-0.1, -0.05) is 12.1 Å². The van der Waals surface area contributed by atoms with Crippen molar-refractivity contribution in [1.82, 2.24) is 15.4 Å². The van der Waals surface area contributed by atoms with Gasteiger partial charge in [-0.2, -0.15) is 15.4 Å². The number of rotatable bonds is 3. The number of hydrogen-bond acceptors (Lipinski definition) is 4. The predicted octanol–water partition coefficient (Wildman–Crippen LogP) is 1.08. The molecule has 1 aromatic carbocycles. The Morgan fingerprint density at radius 2 is 2.35 bits per heavy atom. The summed E-state index contributed by atoms with van der Waals surface area (Å²) in [5.41, 5.74) is 7.66. The van der Waals surface area contributed by atoms with Crippen LogP contribution in [0.4, 0.5) is 5.69 Å². The second-order valence-electron chi connectivity index (χ2n) is 3.72. The van der Waals surface area contributed by atoms with Crippen LogP contribution in [0.5, 0.6) is 0 Å². The highest BCUT2D eigenvalue weighted by atomic mass is 16.2. The molecule has 4 N–H and O–H groups in total. The van der Waals surface area contributed by atoms with Gasteiger partial charge in [0.2, 0.25) is 0 Å². The third kappa shape index (κ3) is 2.67. The summed E-state index contributed by atoms with van der Waals surface area (Å²) in [6.07, 6.45) is 1.37. The summed E-state index contributed by atoms with van der Waals surface area (Å²) in [4.78, 5) is 11.7. The molecule has 0 radical (unpaired) electrons. The van der Waals surface area contributed by atoms with Crippen molar-refractivity contribution in [3.63, 3.8) is 0 Å². The fourth-order valence-electron chi connectivity index (χ4n) is 1.41. The van der Waals surface area contributed by atoms with Crippen LogP contribution in [0.15, 0.2) is 30.5 Å². The molecule has 88 valence electrons. The lowest BCUT2D eigenvalue weighted by Crippen LogP contribution is -2.13. The number of carbonyl (C=O) groups excluding carboxylic acids is 1. The van der Waals surface area contributed by atoms with E-state index in [9.17, 15) is 4.79 Å². The van der Waals surface area contributed by atoms with Crippen molar-refractivity contribution in [3.05, 3.63) is 41.7 Å². The van der Waals surface area contributed by atoms with Gasteiger partial charge in [0.15, 0.2) is 5.69 Å². The Labute approximate surface area is 98.2 Å². The molecule has 1 amide bonds. The number of nitrogens with zero attached hydrogens (tertiary/aromatic N) is 2. The van der Waals surface area contributed by atoms with Crippen LogP contribution in [0.1, 0.15) is 29.0 Å². The minimum Gasteiger partial charge on any atom is -0.324 e. The van der Waals surface area contributed by atoms with E-state index in [1.807, 2.05) is 25.1 Å². The molecule has 6 heteroatoms. The number of anilines is 1. The van der Waals surface area contributed by atoms with Gasteiger partial charge in [0.05, 0.1) is 6.20 Å². The van der Waals surface area contributed by atoms with Crippen molar-refractivity contribution < 1.29 is 4.79 Å². The number of benzene rings is 1. The molecule has 2 aromatic rings. The van der Waals surface area contributed by atoms with E-state index in [1.54, 1.807) is 6.07 Å². The molecule has 6 nitrogen and oxygen atoms in total. The number of nitrogens with two attached hydrogens (primary N) is 1. The van der Waals surface area contributed by atoms with Crippen LogP contribution in [-0.4, -0.2) is 21.3 Å². The predicted molar refractivity (Wildman–Crippen MR) is 63.4 cm³/mol. The zero-order chi connectivity index (χ0) is 12.3. The van der Waals surface area contributed by atoms with Gasteiger partial charge in [-0.25, -0.2) is 0 Å². The van der Waals surface area contributed by atoms with E-state index in [0.29, 0.717) is 5.69 Å². The lowest BCUT2D eigenvalue weighted by molar-refractivity contribution is 0.102. The van der Waals surface area contributed by atoms with Crippen molar-refractivity contribution in [2.75, 3.05) is 5.32 Å². The number of aromatic nitrogens is 3. The molecule has 1 aromatic heterocycles. The third-order valence-electron chi connectivity index (χ3n) is 2.32. The van der Waals surface area contributed by atoms with Crippen LogP contribution in [0.25, 0.3) is 0 Å². The number of amides is 1. The number of aromatic amines is 1. The standard InChI is InChI=1S/C11H13N5O/c1-7(12)8-3-2-4-9(5-8)14-11(17)10-6-13-16-15-10/h2-7H,12H2,1H3,(H,14,17)(H,13,15,16). The van der Waals surface area contributed by atoms with Gasteiger partial charge >= 0.3 is 0 Å². The second-order valence-corrected chi connectivity index (χ2v) is 3.72. The third-order valence-corrected chi connectivity index (χ3v) is 2.32. The Hall–Kier alpha value is -2.21. The van der Waals surface area contributed by atoms with E-state index in [1.165, 1.54) is 6.20 Å². The quantitative estimate of drug-likeness (QED) is 0.736. The Morgan fingerprint density at radius 1 is 1.53 bits per heavy atom. The number of carbonyl (C=O) groups is 1. The molecule has 0 spiro atoms. The molecular formula is C11H13N5O. The first-order valence-electron chi connectivity index (χ1n) is 5.19. The normalized spacial score (nSPS) is 12.1. The van der Waals surface area contributed by atoms with Crippen LogP contribution >= 0.6 is 0 Å². The van der Waals surface area contributed by atoms with E-state index in [4.69, 9.17) is 5.73 Å². The maximum absolute atomic E-state index is 11.7. The highest BCUT2D eigenvalue weighted by molar-refractivity contribution is 6.02. The zero-order valence-electron chi connectivity index (χ0n) is 9.34. The van der Waals surface area contributed by atoms with E-state index >= 15 is 0 Å². The molecule has 0 saturated heterocycles. The van der Waals surface area contributed by atoms with E-state index in [0.717, 1.165) is 5.56 Å². The van der Waals surface area contributed by atoms with Gasteiger partial charge in [-0.15, -0.1) is 0 Å². The zero-order valence-corrected chi connectivity index (χ0v) is 9.34. The summed E-state index contributed by atoms with van der Waals surface area (Å²) in [7, 11) is 0. The fourth-order valence-corrected chi connectivity index (χ4v) is 1.41. The molecule has 0 aliphatic heterocycles. The van der Waals surface area contributed by atoms with Crippen LogP contribution < -0.4 is 11.1 Å². The first-order valence-corrected chi connectivity index (χ1v) is 5.19. The Balaban J connectivity index is 2.14. The topological polar surface area (TPSA) is 96.7 Å². The Bertz CT molecular complexity index is 506. The molecule has 17 heavy (non-hydrogen) atoms. The molecule has 0 saturated carbocycles. The summed E-state index contributed by atoms with van der Waals surface area (Å²) >= 11 is 0. The smallest absolute Gasteiger partial charge is 0.277 e. The molecule has 1 atom stereocenters. The van der Waals surface area contributed by atoms with Crippen LogP contribution in [0, 0.1) is 0 Å². The molecule has 0 aliphatic carbocycles. The summed E-state index contributed by atoms with van der Waals surface area (Å²) < 4.78 is 0. The Morgan fingerprint density at radius 3 is 3.00 bits per heavy atom. The summed E-state index contributed by atoms with van der Waals surface area (Å²) in [5.74, 6) is -0.305. The lowest BCUT2D eigenvalue weighted by Gasteiger charge is -2.08. The molecule has 1 heterocycles. The molecule has 1 unspecified atom stereocenters. The first kappa shape index (κ1) is 11.3. The van der Waals surface area contributed by atoms with Gasteiger partial charge in [-0.3, -0.25) is 4.79 Å². The number of hydrogen-bond donors (Lipinski definition) is 3. The van der Waals surface area contributed by atoms with Crippen LogP contribution in [0.2, 0.25) is 0 Å². The van der Waals surface area contributed by atoms with E-state index in [-0.39, 0.29) is 17.6 Å². The van der Waals surface area contributed by atoms with Crippen molar-refractivity contribution >= 4 is 11.6 Å². The van der Waals surface area contributed by atoms with Crippen molar-refractivity contribution in [2.45, 2.75) is 13.0 Å². The van der Waals surface area contributed by atoms with Gasteiger partial charge in [0.1, 0.15) is 0 Å². The first-order chi connectivity index (χ1) is 8.16. The second kappa shape index (κ2) is 4.75. The maximum atomic E-state index is 11.7. The van der Waals surface area contributed by atoms with Crippen LogP contribution in [0.3, 0.4) is 0 Å². The summed E-state index contributed by atoms with van der Waals surface area (Å²) in [5, 5.41) is 12.4. The molecule has 0 aliphatic rings. The van der Waals surface area contributed by atoms with E-state index < -0.39 is 0 Å². The molecule has 2 rings (SSSR count). The summed E-state index contributed by atoms with van der Waals surface area (Å²) in [6.45, 7) is 1.89. The largest absolute Gasteiger partial charge is 0.324 e. The van der Waals surface area contributed by atoms with E-state index in [2.05, 4.69) is 20.7 Å². The van der Waals surface area contributed by atoms with Crippen molar-refractivity contribution in [1.29, 1.82) is 0 Å². The van der Waals surface area contributed by atoms with Crippen molar-refractivity contribution in [3.8, 4) is 0 Å². The molecular weight excluding hydrogens is 218 g/mol. The SMILES string of the molecule is CC(N)c1cccc(NC(=O)c2cn[nH]n2)c1. The monoisotopic (exact) mass is 231 g/mol. The average molecular weight is 231 g/mol. The number of nitrogens with one attached hydrogen (secondary N) is 2. The highest BCUT2D eigenvalue weighted by Crippen LogP contribution is 2.15. The van der Waals surface area contributed by atoms with Gasteiger partial charge < -0.3 is 11.1 Å². The average Bonchev–Trinajstić information content (AvgIpc) is 2.82. The molecule has 0 bridgehead atoms. The minimum atomic E-state index is -0.305. The van der Waals surface area contributed by atoms with Crippen molar-refractivity contribution in [2.24, 2.45) is 5.73 Å². The lowest BCUT2D eigenvalue weighted by atomic mass is 10.1. The van der Waals surface area contributed by atoms with Gasteiger partial charge in [0.25, 0.3) is 5.91 Å². The maximum Gasteiger partial charge on any atom is 0.277 e. The van der Waals surface area contributed by atoms with Gasteiger partial charge in [0, 0.05) is 11.7 Å². The van der Waals surface area contributed by atoms with Crippen LogP contribution in [-0.2, 0) is 0 Å². The number of H-pyrrole nitrogens is 1. The van der Waals surface area contributed by atoms with Gasteiger partial charge in [-0.05, 0) is 24.6 Å². The molecule has 0 fully saturated rings. The summed E-state index contributed by atoms with van der Waals surface area (Å²) in [6, 6.07) is 7.32. The Kier molecular flexibility index (Phi) is 3.15. The highest BCUT2D eigenvalue weighted by Gasteiger charge is 2.09.